The van der Waals surface area contributed by atoms with Crippen molar-refractivity contribution in [2.24, 2.45) is 5.92 Å². The molecule has 1 heterocycles. The third kappa shape index (κ3) is 8.73. The number of hydrogen-bond donors (Lipinski definition) is 3. The Morgan fingerprint density at radius 1 is 0.755 bits per heavy atom. The van der Waals surface area contributed by atoms with Crippen LogP contribution in [0.3, 0.4) is 0 Å². The summed E-state index contributed by atoms with van der Waals surface area (Å²) in [7, 11) is 2.13. The van der Waals surface area contributed by atoms with Crippen LogP contribution in [-0.4, -0.2) is 35.7 Å². The highest BCUT2D eigenvalue weighted by atomic mass is 16.7. The van der Waals surface area contributed by atoms with Crippen LogP contribution in [0.15, 0.2) is 133 Å². The number of carbonyl (C=O) groups excluding carboxylic acids is 1. The van der Waals surface area contributed by atoms with Crippen LogP contribution < -0.4 is 15.4 Å². The fourth-order valence-electron chi connectivity index (χ4n) is 6.00. The van der Waals surface area contributed by atoms with Gasteiger partial charge in [0.15, 0.2) is 6.29 Å². The molecule has 0 radical (unpaired) electrons. The summed E-state index contributed by atoms with van der Waals surface area (Å²) < 4.78 is 19.1. The van der Waals surface area contributed by atoms with Crippen molar-refractivity contribution in [3.63, 3.8) is 0 Å². The van der Waals surface area contributed by atoms with Gasteiger partial charge in [-0.1, -0.05) is 91.9 Å². The molecule has 0 spiro atoms. The van der Waals surface area contributed by atoms with Gasteiger partial charge in [0.2, 0.25) is 0 Å². The second kappa shape index (κ2) is 15.9. The maximum Gasteiger partial charge on any atom is 0.323 e. The molecule has 0 saturated carbocycles. The molecule has 1 aliphatic heterocycles. The second-order valence-corrected chi connectivity index (χ2v) is 12.5. The number of rotatable bonds is 11. The lowest BCUT2D eigenvalue weighted by atomic mass is 9.89. The maximum absolute atomic E-state index is 12.8. The number of nitrogens with one attached hydrogen (secondary N) is 2. The van der Waals surface area contributed by atoms with Gasteiger partial charge in [0, 0.05) is 35.4 Å². The van der Waals surface area contributed by atoms with Gasteiger partial charge in [-0.2, -0.15) is 0 Å². The van der Waals surface area contributed by atoms with Gasteiger partial charge in [0.05, 0.1) is 18.8 Å². The first-order valence-corrected chi connectivity index (χ1v) is 16.6. The molecule has 0 unspecified atom stereocenters. The zero-order chi connectivity index (χ0) is 34.2. The standard InChI is InChI=1S/C41H43N3O5/c1-28-38(26-44(3)29(2)31-10-6-4-7-11-31)48-40(49-39(28)32-16-14-30(27-45)15-17-32)33-18-20-34(21-19-33)42-41(46)43-35-22-24-37(25-23-35)47-36-12-8-5-9-13-36/h4-25,28-29,38-40,45H,26-27H2,1-3H3,(H2,42,43,46)/t28-,29-,38+,39+,40+/m0/s1. The first kappa shape index (κ1) is 33.9. The lowest BCUT2D eigenvalue weighted by Gasteiger charge is -2.43. The van der Waals surface area contributed by atoms with Crippen molar-refractivity contribution in [3.05, 3.63) is 156 Å². The molecule has 0 aliphatic carbocycles. The number of aliphatic hydroxyl groups is 1. The Morgan fingerprint density at radius 3 is 1.92 bits per heavy atom. The maximum atomic E-state index is 12.8. The zero-order valence-electron chi connectivity index (χ0n) is 28.0. The number of anilines is 2. The molecule has 2 amide bonds. The van der Waals surface area contributed by atoms with Crippen LogP contribution in [0, 0.1) is 5.92 Å². The predicted molar refractivity (Wildman–Crippen MR) is 192 cm³/mol. The zero-order valence-corrected chi connectivity index (χ0v) is 28.0. The number of likely N-dealkylation sites (N-methyl/N-ethyl adjacent to an activating group) is 1. The molecule has 0 aromatic heterocycles. The normalized spacial score (nSPS) is 19.6. The predicted octanol–water partition coefficient (Wildman–Crippen LogP) is 9.10. The number of para-hydroxylation sites is 1. The Balaban J connectivity index is 1.12. The Hall–Kier alpha value is -4.99. The number of hydrogen-bond acceptors (Lipinski definition) is 6. The monoisotopic (exact) mass is 657 g/mol. The van der Waals surface area contributed by atoms with Crippen LogP contribution in [0.4, 0.5) is 16.2 Å². The van der Waals surface area contributed by atoms with E-state index in [0.29, 0.717) is 23.7 Å². The summed E-state index contributed by atoms with van der Waals surface area (Å²) in [6.45, 7) is 5.08. The van der Waals surface area contributed by atoms with E-state index in [1.165, 1.54) is 5.56 Å². The second-order valence-electron chi connectivity index (χ2n) is 12.5. The van der Waals surface area contributed by atoms with Gasteiger partial charge in [-0.05, 0) is 79.2 Å². The third-order valence-electron chi connectivity index (χ3n) is 9.07. The molecule has 5 aromatic rings. The van der Waals surface area contributed by atoms with Crippen LogP contribution in [0.2, 0.25) is 0 Å². The number of nitrogens with zero attached hydrogens (tertiary/aromatic N) is 1. The van der Waals surface area contributed by atoms with Crippen LogP contribution in [-0.2, 0) is 16.1 Å². The highest BCUT2D eigenvalue weighted by Crippen LogP contribution is 2.42. The molecule has 5 atom stereocenters. The molecular formula is C41H43N3O5. The molecular weight excluding hydrogens is 614 g/mol. The van der Waals surface area contributed by atoms with Crippen LogP contribution in [0.25, 0.3) is 0 Å². The number of aliphatic hydroxyl groups excluding tert-OH is 1. The SMILES string of the molecule is C[C@H]1[C@@H](CN(C)[C@@H](C)c2ccccc2)O[C@@H](c2ccc(NC(=O)Nc3ccc(Oc4ccccc4)cc3)cc2)O[C@H]1c1ccc(CO)cc1. The summed E-state index contributed by atoms with van der Waals surface area (Å²) in [5.41, 5.74) is 5.28. The lowest BCUT2D eigenvalue weighted by molar-refractivity contribution is -0.276. The third-order valence-corrected chi connectivity index (χ3v) is 9.07. The molecule has 6 rings (SSSR count). The van der Waals surface area contributed by atoms with Crippen LogP contribution >= 0.6 is 0 Å². The van der Waals surface area contributed by atoms with Gasteiger partial charge in [-0.25, -0.2) is 4.79 Å². The molecule has 1 saturated heterocycles. The Kier molecular flexibility index (Phi) is 11.0. The van der Waals surface area contributed by atoms with Crippen molar-refractivity contribution in [1.29, 1.82) is 0 Å². The molecule has 0 bridgehead atoms. The molecule has 3 N–H and O–H groups in total. The summed E-state index contributed by atoms with van der Waals surface area (Å²) >= 11 is 0. The summed E-state index contributed by atoms with van der Waals surface area (Å²) in [4.78, 5) is 15.1. The van der Waals surface area contributed by atoms with E-state index >= 15 is 0 Å². The topological polar surface area (TPSA) is 92.3 Å². The highest BCUT2D eigenvalue weighted by molar-refractivity contribution is 5.99. The first-order chi connectivity index (χ1) is 23.9. The number of ether oxygens (including phenoxy) is 3. The minimum Gasteiger partial charge on any atom is -0.457 e. The number of benzene rings is 5. The molecule has 1 aliphatic rings. The van der Waals surface area contributed by atoms with Gasteiger partial charge >= 0.3 is 6.03 Å². The largest absolute Gasteiger partial charge is 0.457 e. The minimum absolute atomic E-state index is 0.00765. The Labute approximate surface area is 288 Å². The van der Waals surface area contributed by atoms with Gasteiger partial charge in [-0.15, -0.1) is 0 Å². The molecule has 49 heavy (non-hydrogen) atoms. The molecule has 8 nitrogen and oxygen atoms in total. The average Bonchev–Trinajstić information content (AvgIpc) is 3.14. The van der Waals surface area contributed by atoms with Crippen LogP contribution in [0.5, 0.6) is 11.5 Å². The summed E-state index contributed by atoms with van der Waals surface area (Å²) in [6, 6.07) is 42.5. The Bertz CT molecular complexity index is 1770. The number of urea groups is 1. The van der Waals surface area contributed by atoms with Gasteiger partial charge in [0.1, 0.15) is 11.5 Å². The van der Waals surface area contributed by atoms with E-state index in [0.717, 1.165) is 22.4 Å². The van der Waals surface area contributed by atoms with Crippen molar-refractivity contribution in [1.82, 2.24) is 4.90 Å². The lowest BCUT2D eigenvalue weighted by Crippen LogP contribution is -2.44. The molecule has 5 aromatic carbocycles. The fourth-order valence-corrected chi connectivity index (χ4v) is 6.00. The van der Waals surface area contributed by atoms with Gasteiger partial charge in [0.25, 0.3) is 0 Å². The van der Waals surface area contributed by atoms with Crippen molar-refractivity contribution in [3.8, 4) is 11.5 Å². The molecule has 8 heteroatoms. The van der Waals surface area contributed by atoms with Crippen molar-refractivity contribution >= 4 is 17.4 Å². The van der Waals surface area contributed by atoms with Crippen molar-refractivity contribution in [2.75, 3.05) is 24.2 Å². The number of amides is 2. The highest BCUT2D eigenvalue weighted by Gasteiger charge is 2.39. The fraction of sp³-hybridized carbons (Fsp3) is 0.244. The van der Waals surface area contributed by atoms with Gasteiger partial charge < -0.3 is 30.0 Å². The summed E-state index contributed by atoms with van der Waals surface area (Å²) in [5.74, 6) is 1.49. The quantitative estimate of drug-likeness (QED) is 0.131. The number of carbonyl (C=O) groups is 1. The van der Waals surface area contributed by atoms with E-state index in [-0.39, 0.29) is 36.8 Å². The summed E-state index contributed by atoms with van der Waals surface area (Å²) in [6.07, 6.45) is -0.945. The van der Waals surface area contributed by atoms with E-state index in [1.54, 1.807) is 12.1 Å². The first-order valence-electron chi connectivity index (χ1n) is 16.6. The van der Waals surface area contributed by atoms with Crippen molar-refractivity contribution < 1.29 is 24.1 Å². The van der Waals surface area contributed by atoms with E-state index in [4.69, 9.17) is 14.2 Å². The molecule has 1 fully saturated rings. The van der Waals surface area contributed by atoms with E-state index in [2.05, 4.69) is 60.7 Å². The van der Waals surface area contributed by atoms with E-state index in [1.807, 2.05) is 97.1 Å². The smallest absolute Gasteiger partial charge is 0.323 e. The summed E-state index contributed by atoms with van der Waals surface area (Å²) in [5, 5.41) is 15.3. The van der Waals surface area contributed by atoms with Crippen molar-refractivity contribution in [2.45, 2.75) is 45.0 Å². The van der Waals surface area contributed by atoms with E-state index < -0.39 is 6.29 Å². The minimum atomic E-state index is -0.608. The van der Waals surface area contributed by atoms with E-state index in [9.17, 15) is 9.90 Å². The van der Waals surface area contributed by atoms with Gasteiger partial charge in [-0.3, -0.25) is 4.90 Å². The van der Waals surface area contributed by atoms with Crippen LogP contribution in [0.1, 0.15) is 54.5 Å². The molecule has 252 valence electrons. The Morgan fingerprint density at radius 2 is 1.31 bits per heavy atom. The average molecular weight is 658 g/mol.